The number of fused-ring (bicyclic) bond motifs is 1. The van der Waals surface area contributed by atoms with E-state index >= 15 is 0 Å². The summed E-state index contributed by atoms with van der Waals surface area (Å²) in [5.41, 5.74) is 8.46. The van der Waals surface area contributed by atoms with Crippen LogP contribution in [0.15, 0.2) is 36.7 Å². The topological polar surface area (TPSA) is 61.0 Å². The molecule has 3 rings (SSSR count). The highest BCUT2D eigenvalue weighted by Crippen LogP contribution is 2.34. The van der Waals surface area contributed by atoms with Crippen molar-refractivity contribution in [1.82, 2.24) is 9.97 Å². The molecule has 2 heterocycles. The minimum absolute atomic E-state index is 0.645. The maximum atomic E-state index is 5.93. The molecule has 1 aromatic carbocycles. The summed E-state index contributed by atoms with van der Waals surface area (Å²) in [7, 11) is 0. The average Bonchev–Trinajstić information content (AvgIpc) is 2.82. The van der Waals surface area contributed by atoms with Gasteiger partial charge in [-0.15, -0.1) is 11.3 Å². The molecule has 0 fully saturated rings. The lowest BCUT2D eigenvalue weighted by Gasteiger charge is -2.00. The van der Waals surface area contributed by atoms with Crippen molar-refractivity contribution in [2.75, 3.05) is 12.3 Å². The number of nitrogen functional groups attached to an aromatic ring is 1. The van der Waals surface area contributed by atoms with Crippen molar-refractivity contribution >= 4 is 27.2 Å². The van der Waals surface area contributed by atoms with Crippen molar-refractivity contribution in [3.8, 4) is 16.3 Å². The largest absolute Gasteiger partial charge is 0.494 e. The fourth-order valence-electron chi connectivity index (χ4n) is 1.88. The molecule has 5 heteroatoms. The second-order valence-electron chi connectivity index (χ2n) is 4.04. The van der Waals surface area contributed by atoms with Gasteiger partial charge in [0.15, 0.2) is 0 Å². The summed E-state index contributed by atoms with van der Waals surface area (Å²) in [6.45, 7) is 2.63. The molecule has 0 aliphatic carbocycles. The molecular weight excluding hydrogens is 258 g/mol. The molecule has 0 saturated heterocycles. The Labute approximate surface area is 114 Å². The van der Waals surface area contributed by atoms with Gasteiger partial charge in [0.25, 0.3) is 0 Å². The molecule has 0 aliphatic heterocycles. The van der Waals surface area contributed by atoms with Crippen LogP contribution in [0.4, 0.5) is 5.69 Å². The first-order chi connectivity index (χ1) is 9.28. The Bertz CT molecular complexity index is 724. The molecule has 0 aliphatic rings. The number of aromatic nitrogens is 2. The molecule has 0 unspecified atom stereocenters. The van der Waals surface area contributed by atoms with E-state index in [2.05, 4.69) is 9.97 Å². The Morgan fingerprint density at radius 2 is 2.21 bits per heavy atom. The van der Waals surface area contributed by atoms with E-state index in [1.165, 1.54) is 0 Å². The van der Waals surface area contributed by atoms with Crippen molar-refractivity contribution in [2.45, 2.75) is 6.92 Å². The number of thiazole rings is 1. The molecular formula is C14H13N3OS. The van der Waals surface area contributed by atoms with E-state index in [0.29, 0.717) is 12.3 Å². The van der Waals surface area contributed by atoms with Gasteiger partial charge in [-0.25, -0.2) is 4.98 Å². The normalized spacial score (nSPS) is 10.8. The highest BCUT2D eigenvalue weighted by atomic mass is 32.1. The maximum absolute atomic E-state index is 5.93. The third kappa shape index (κ3) is 2.24. The second-order valence-corrected chi connectivity index (χ2v) is 5.08. The van der Waals surface area contributed by atoms with Crippen molar-refractivity contribution in [2.24, 2.45) is 0 Å². The lowest BCUT2D eigenvalue weighted by atomic mass is 10.2. The molecule has 0 radical (unpaired) electrons. The zero-order valence-electron chi connectivity index (χ0n) is 10.5. The van der Waals surface area contributed by atoms with Crippen LogP contribution in [0, 0.1) is 0 Å². The van der Waals surface area contributed by atoms with Gasteiger partial charge < -0.3 is 10.5 Å². The van der Waals surface area contributed by atoms with E-state index in [1.807, 2.05) is 31.2 Å². The van der Waals surface area contributed by atoms with Gasteiger partial charge in [-0.1, -0.05) is 0 Å². The highest BCUT2D eigenvalue weighted by molar-refractivity contribution is 7.21. The first-order valence-corrected chi connectivity index (χ1v) is 6.83. The van der Waals surface area contributed by atoms with Gasteiger partial charge in [-0.3, -0.25) is 4.98 Å². The summed E-state index contributed by atoms with van der Waals surface area (Å²) in [5.74, 6) is 0.868. The third-order valence-electron chi connectivity index (χ3n) is 2.75. The molecule has 2 N–H and O–H groups in total. The Balaban J connectivity index is 2.09. The summed E-state index contributed by atoms with van der Waals surface area (Å²) in [5, 5.41) is 0.906. The van der Waals surface area contributed by atoms with Crippen LogP contribution in [0.2, 0.25) is 0 Å². The van der Waals surface area contributed by atoms with E-state index in [1.54, 1.807) is 23.7 Å². The predicted octanol–water partition coefficient (Wildman–Crippen LogP) is 3.34. The molecule has 0 bridgehead atoms. The first kappa shape index (κ1) is 11.9. The Morgan fingerprint density at radius 3 is 3.00 bits per heavy atom. The third-order valence-corrected chi connectivity index (χ3v) is 3.80. The van der Waals surface area contributed by atoms with Crippen molar-refractivity contribution < 1.29 is 4.74 Å². The van der Waals surface area contributed by atoms with Gasteiger partial charge in [0.1, 0.15) is 10.8 Å². The average molecular weight is 271 g/mol. The summed E-state index contributed by atoms with van der Waals surface area (Å²) < 4.78 is 6.59. The summed E-state index contributed by atoms with van der Waals surface area (Å²) in [6.07, 6.45) is 3.37. The zero-order chi connectivity index (χ0) is 13.2. The van der Waals surface area contributed by atoms with E-state index in [0.717, 1.165) is 26.5 Å². The predicted molar refractivity (Wildman–Crippen MR) is 78.4 cm³/mol. The number of ether oxygens (including phenoxy) is 1. The van der Waals surface area contributed by atoms with Crippen molar-refractivity contribution in [1.29, 1.82) is 0 Å². The van der Waals surface area contributed by atoms with Gasteiger partial charge in [-0.05, 0) is 31.2 Å². The van der Waals surface area contributed by atoms with E-state index in [9.17, 15) is 0 Å². The number of pyridine rings is 1. The number of nitrogens with zero attached hydrogens (tertiary/aromatic N) is 2. The standard InChI is InChI=1S/C14H13N3OS/c1-2-18-9-3-4-12-13(7-9)19-14(17-12)10-5-6-16-8-11(10)15/h3-8H,2,15H2,1H3. The summed E-state index contributed by atoms with van der Waals surface area (Å²) >= 11 is 1.61. The SMILES string of the molecule is CCOc1ccc2nc(-c3ccncc3N)sc2c1. The molecule has 2 aromatic heterocycles. The van der Waals surface area contributed by atoms with Gasteiger partial charge in [0.05, 0.1) is 28.7 Å². The highest BCUT2D eigenvalue weighted by Gasteiger charge is 2.09. The molecule has 96 valence electrons. The van der Waals surface area contributed by atoms with Gasteiger partial charge in [0.2, 0.25) is 0 Å². The molecule has 4 nitrogen and oxygen atoms in total. The number of nitrogens with two attached hydrogens (primary N) is 1. The lowest BCUT2D eigenvalue weighted by molar-refractivity contribution is 0.341. The van der Waals surface area contributed by atoms with Crippen LogP contribution >= 0.6 is 11.3 Å². The molecule has 0 saturated carbocycles. The molecule has 0 atom stereocenters. The van der Waals surface area contributed by atoms with Crippen LogP contribution in [0.25, 0.3) is 20.8 Å². The van der Waals surface area contributed by atoms with Crippen LogP contribution in [-0.2, 0) is 0 Å². The van der Waals surface area contributed by atoms with Crippen LogP contribution in [0.3, 0.4) is 0 Å². The first-order valence-electron chi connectivity index (χ1n) is 6.01. The van der Waals surface area contributed by atoms with Crippen molar-refractivity contribution in [3.05, 3.63) is 36.7 Å². The smallest absolute Gasteiger partial charge is 0.126 e. The van der Waals surface area contributed by atoms with Gasteiger partial charge in [0, 0.05) is 11.8 Å². The summed E-state index contributed by atoms with van der Waals surface area (Å²) in [4.78, 5) is 8.59. The monoisotopic (exact) mass is 271 g/mol. The zero-order valence-corrected chi connectivity index (χ0v) is 11.3. The Kier molecular flexibility index (Phi) is 3.05. The minimum atomic E-state index is 0.645. The molecule has 0 amide bonds. The lowest BCUT2D eigenvalue weighted by Crippen LogP contribution is -1.90. The number of hydrogen-bond acceptors (Lipinski definition) is 5. The fourth-order valence-corrected chi connectivity index (χ4v) is 2.92. The van der Waals surface area contributed by atoms with Gasteiger partial charge >= 0.3 is 0 Å². The summed E-state index contributed by atoms with van der Waals surface area (Å²) in [6, 6.07) is 7.80. The molecule has 19 heavy (non-hydrogen) atoms. The molecule has 0 spiro atoms. The van der Waals surface area contributed by atoms with Crippen LogP contribution in [0.5, 0.6) is 5.75 Å². The fraction of sp³-hybridized carbons (Fsp3) is 0.143. The minimum Gasteiger partial charge on any atom is -0.494 e. The number of anilines is 1. The van der Waals surface area contributed by atoms with Gasteiger partial charge in [-0.2, -0.15) is 0 Å². The van der Waals surface area contributed by atoms with E-state index in [-0.39, 0.29) is 0 Å². The second kappa shape index (κ2) is 4.85. The number of rotatable bonds is 3. The van der Waals surface area contributed by atoms with Crippen molar-refractivity contribution in [3.63, 3.8) is 0 Å². The quantitative estimate of drug-likeness (QED) is 0.793. The number of benzene rings is 1. The van der Waals surface area contributed by atoms with Crippen LogP contribution in [0.1, 0.15) is 6.92 Å². The van der Waals surface area contributed by atoms with E-state index < -0.39 is 0 Å². The Hall–Kier alpha value is -2.14. The van der Waals surface area contributed by atoms with Crippen LogP contribution in [-0.4, -0.2) is 16.6 Å². The van der Waals surface area contributed by atoms with Crippen LogP contribution < -0.4 is 10.5 Å². The number of hydrogen-bond donors (Lipinski definition) is 1. The van der Waals surface area contributed by atoms with E-state index in [4.69, 9.17) is 10.5 Å². The maximum Gasteiger partial charge on any atom is 0.126 e. The Morgan fingerprint density at radius 1 is 1.32 bits per heavy atom. The molecule has 3 aromatic rings.